The second-order valence-electron chi connectivity index (χ2n) is 5.58. The summed E-state index contributed by atoms with van der Waals surface area (Å²) in [4.78, 5) is 14.3. The fourth-order valence-corrected chi connectivity index (χ4v) is 4.50. The van der Waals surface area contributed by atoms with Crippen LogP contribution < -0.4 is 5.32 Å². The van der Waals surface area contributed by atoms with Crippen molar-refractivity contribution in [2.75, 3.05) is 11.1 Å². The molecule has 1 N–H and O–H groups in total. The van der Waals surface area contributed by atoms with Gasteiger partial charge in [-0.15, -0.1) is 0 Å². The van der Waals surface area contributed by atoms with Gasteiger partial charge in [0.05, 0.1) is 5.75 Å². The van der Waals surface area contributed by atoms with Gasteiger partial charge in [-0.2, -0.15) is 0 Å². The molecule has 0 aliphatic rings. The number of nitrogens with one attached hydrogen (secondary N) is 1. The summed E-state index contributed by atoms with van der Waals surface area (Å²) in [6.45, 7) is 3.21. The lowest BCUT2D eigenvalue weighted by molar-refractivity contribution is -0.115. The van der Waals surface area contributed by atoms with E-state index < -0.39 is 21.0 Å². The third-order valence-electron chi connectivity index (χ3n) is 3.57. The highest BCUT2D eigenvalue weighted by atomic mass is 79.9. The molecule has 1 unspecified atom stereocenters. The average Bonchev–Trinajstić information content (AvgIpc) is 2.58. The number of halogens is 1. The first-order valence-electron chi connectivity index (χ1n) is 7.87. The van der Waals surface area contributed by atoms with Crippen LogP contribution in [0.5, 0.6) is 0 Å². The van der Waals surface area contributed by atoms with E-state index in [1.54, 1.807) is 30.8 Å². The number of anilines is 1. The molecule has 0 saturated heterocycles. The highest BCUT2D eigenvalue weighted by Crippen LogP contribution is 2.29. The number of rotatable bonds is 7. The van der Waals surface area contributed by atoms with Gasteiger partial charge in [-0.25, -0.2) is 8.42 Å². The van der Waals surface area contributed by atoms with E-state index in [0.29, 0.717) is 12.1 Å². The lowest BCUT2D eigenvalue weighted by atomic mass is 10.3. The number of hydrogen-bond acceptors (Lipinski definition) is 4. The predicted molar refractivity (Wildman–Crippen MR) is 107 cm³/mol. The number of carbonyl (C=O) groups is 1. The molecule has 4 nitrogen and oxygen atoms in total. The monoisotopic (exact) mass is 441 g/mol. The van der Waals surface area contributed by atoms with Crippen LogP contribution in [0.1, 0.15) is 20.3 Å². The summed E-state index contributed by atoms with van der Waals surface area (Å²) < 4.78 is 25.0. The molecule has 0 heterocycles. The zero-order chi connectivity index (χ0) is 18.4. The Morgan fingerprint density at radius 1 is 1.08 bits per heavy atom. The molecule has 0 aliphatic carbocycles. The van der Waals surface area contributed by atoms with Crippen molar-refractivity contribution in [2.24, 2.45) is 0 Å². The zero-order valence-electron chi connectivity index (χ0n) is 14.0. The van der Waals surface area contributed by atoms with Gasteiger partial charge in [0.2, 0.25) is 5.91 Å². The number of sulfone groups is 1. The second kappa shape index (κ2) is 8.87. The van der Waals surface area contributed by atoms with E-state index in [0.717, 1.165) is 14.3 Å². The fourth-order valence-electron chi connectivity index (χ4n) is 2.11. The van der Waals surface area contributed by atoms with Crippen LogP contribution in [0.25, 0.3) is 0 Å². The van der Waals surface area contributed by atoms with Crippen molar-refractivity contribution in [2.45, 2.75) is 35.3 Å². The molecule has 0 spiro atoms. The summed E-state index contributed by atoms with van der Waals surface area (Å²) in [7, 11) is -3.40. The van der Waals surface area contributed by atoms with Gasteiger partial charge in [0, 0.05) is 20.0 Å². The standard InChI is InChI=1S/C18H20BrNO3S2/c1-3-12-25(22,23)13(2)18(21)20-15-6-10-17(11-7-15)24-16-8-4-14(19)5-9-16/h4-11,13H,3,12H2,1-2H3,(H,20,21). The molecule has 2 aromatic rings. The molecule has 0 saturated carbocycles. The van der Waals surface area contributed by atoms with Gasteiger partial charge in [0.1, 0.15) is 5.25 Å². The molecule has 25 heavy (non-hydrogen) atoms. The Hall–Kier alpha value is -1.31. The summed E-state index contributed by atoms with van der Waals surface area (Å²) >= 11 is 5.02. The van der Waals surface area contributed by atoms with Gasteiger partial charge >= 0.3 is 0 Å². The van der Waals surface area contributed by atoms with Crippen molar-refractivity contribution in [3.05, 3.63) is 53.0 Å². The van der Waals surface area contributed by atoms with Crippen molar-refractivity contribution in [1.82, 2.24) is 0 Å². The molecular formula is C18H20BrNO3S2. The van der Waals surface area contributed by atoms with E-state index in [2.05, 4.69) is 21.2 Å². The summed E-state index contributed by atoms with van der Waals surface area (Å²) in [5.74, 6) is -0.480. The summed E-state index contributed by atoms with van der Waals surface area (Å²) in [6.07, 6.45) is 0.502. The minimum atomic E-state index is -3.40. The Balaban J connectivity index is 2.00. The second-order valence-corrected chi connectivity index (χ2v) is 10.1. The molecule has 1 atom stereocenters. The Kier molecular flexibility index (Phi) is 7.10. The van der Waals surface area contributed by atoms with Gasteiger partial charge < -0.3 is 5.32 Å². The minimum Gasteiger partial charge on any atom is -0.325 e. The van der Waals surface area contributed by atoms with E-state index in [1.807, 2.05) is 36.4 Å². The molecule has 0 fully saturated rings. The topological polar surface area (TPSA) is 63.2 Å². The van der Waals surface area contributed by atoms with Crippen LogP contribution in [-0.4, -0.2) is 25.3 Å². The smallest absolute Gasteiger partial charge is 0.242 e. The number of hydrogen-bond donors (Lipinski definition) is 1. The normalized spacial score (nSPS) is 12.6. The maximum atomic E-state index is 12.1. The summed E-state index contributed by atoms with van der Waals surface area (Å²) in [5, 5.41) is 1.62. The highest BCUT2D eigenvalue weighted by Gasteiger charge is 2.26. The molecule has 0 radical (unpaired) electrons. The van der Waals surface area contributed by atoms with Crippen molar-refractivity contribution in [3.63, 3.8) is 0 Å². The molecule has 7 heteroatoms. The van der Waals surface area contributed by atoms with Crippen molar-refractivity contribution in [3.8, 4) is 0 Å². The molecule has 0 aromatic heterocycles. The van der Waals surface area contributed by atoms with Crippen molar-refractivity contribution < 1.29 is 13.2 Å². The number of carbonyl (C=O) groups excluding carboxylic acids is 1. The first-order chi connectivity index (χ1) is 11.8. The number of benzene rings is 2. The van der Waals surface area contributed by atoms with Crippen LogP contribution in [0.15, 0.2) is 62.8 Å². The first kappa shape index (κ1) is 20.0. The van der Waals surface area contributed by atoms with Crippen molar-refractivity contribution >= 4 is 49.1 Å². The lowest BCUT2D eigenvalue weighted by Gasteiger charge is -2.13. The number of amides is 1. The van der Waals surface area contributed by atoms with Crippen LogP contribution >= 0.6 is 27.7 Å². The summed E-state index contributed by atoms with van der Waals surface area (Å²) in [6, 6.07) is 15.3. The van der Waals surface area contributed by atoms with E-state index in [4.69, 9.17) is 0 Å². The van der Waals surface area contributed by atoms with Gasteiger partial charge in [0.15, 0.2) is 9.84 Å². The van der Waals surface area contributed by atoms with Crippen LogP contribution in [-0.2, 0) is 14.6 Å². The predicted octanol–water partition coefficient (Wildman–Crippen LogP) is 4.75. The van der Waals surface area contributed by atoms with E-state index >= 15 is 0 Å². The lowest BCUT2D eigenvalue weighted by Crippen LogP contribution is -2.34. The largest absolute Gasteiger partial charge is 0.325 e. The molecule has 134 valence electrons. The van der Waals surface area contributed by atoms with E-state index in [-0.39, 0.29) is 5.75 Å². The van der Waals surface area contributed by atoms with Gasteiger partial charge in [-0.05, 0) is 61.9 Å². The third-order valence-corrected chi connectivity index (χ3v) is 7.38. The van der Waals surface area contributed by atoms with Gasteiger partial charge in [-0.3, -0.25) is 4.79 Å². The Labute approximate surface area is 161 Å². The van der Waals surface area contributed by atoms with Crippen LogP contribution in [0.3, 0.4) is 0 Å². The molecule has 0 aliphatic heterocycles. The Morgan fingerprint density at radius 2 is 1.60 bits per heavy atom. The fraction of sp³-hybridized carbons (Fsp3) is 0.278. The molecule has 1 amide bonds. The van der Waals surface area contributed by atoms with Crippen LogP contribution in [0, 0.1) is 0 Å². The average molecular weight is 442 g/mol. The van der Waals surface area contributed by atoms with Crippen molar-refractivity contribution in [1.29, 1.82) is 0 Å². The van der Waals surface area contributed by atoms with Gasteiger partial charge in [-0.1, -0.05) is 34.6 Å². The van der Waals surface area contributed by atoms with Crippen LogP contribution in [0.2, 0.25) is 0 Å². The molecular weight excluding hydrogens is 422 g/mol. The quantitative estimate of drug-likeness (QED) is 0.672. The Morgan fingerprint density at radius 3 is 2.12 bits per heavy atom. The SMILES string of the molecule is CCCS(=O)(=O)C(C)C(=O)Nc1ccc(Sc2ccc(Br)cc2)cc1. The zero-order valence-corrected chi connectivity index (χ0v) is 17.2. The highest BCUT2D eigenvalue weighted by molar-refractivity contribution is 9.10. The molecule has 0 bridgehead atoms. The maximum absolute atomic E-state index is 12.1. The summed E-state index contributed by atoms with van der Waals surface area (Å²) in [5.41, 5.74) is 0.587. The Bertz CT molecular complexity index is 818. The maximum Gasteiger partial charge on any atom is 0.242 e. The van der Waals surface area contributed by atoms with E-state index in [1.165, 1.54) is 6.92 Å². The van der Waals surface area contributed by atoms with E-state index in [9.17, 15) is 13.2 Å². The van der Waals surface area contributed by atoms with Gasteiger partial charge in [0.25, 0.3) is 0 Å². The third kappa shape index (κ3) is 5.87. The molecule has 2 aromatic carbocycles. The molecule has 2 rings (SSSR count). The minimum absolute atomic E-state index is 0.0182. The first-order valence-corrected chi connectivity index (χ1v) is 11.2. The van der Waals surface area contributed by atoms with Crippen LogP contribution in [0.4, 0.5) is 5.69 Å².